The van der Waals surface area contributed by atoms with E-state index in [0.29, 0.717) is 11.3 Å². The molecule has 0 saturated carbocycles. The van der Waals surface area contributed by atoms with Crippen molar-refractivity contribution in [1.82, 2.24) is 4.31 Å². The number of benzene rings is 3. The molecule has 0 heterocycles. The van der Waals surface area contributed by atoms with Crippen LogP contribution in [0, 0.1) is 13.8 Å². The van der Waals surface area contributed by atoms with Gasteiger partial charge in [0.05, 0.1) is 10.5 Å². The molecular formula is C25H26N2O5S. The number of rotatable bonds is 7. The van der Waals surface area contributed by atoms with Gasteiger partial charge in [-0.3, -0.25) is 4.79 Å². The van der Waals surface area contributed by atoms with Crippen molar-refractivity contribution < 1.29 is 22.7 Å². The van der Waals surface area contributed by atoms with Gasteiger partial charge >= 0.3 is 5.97 Å². The molecule has 1 unspecified atom stereocenters. The third-order valence-electron chi connectivity index (χ3n) is 5.06. The highest BCUT2D eigenvalue weighted by molar-refractivity contribution is 7.89. The van der Waals surface area contributed by atoms with Crippen molar-refractivity contribution in [3.05, 3.63) is 95.1 Å². The topological polar surface area (TPSA) is 92.8 Å². The van der Waals surface area contributed by atoms with Crippen LogP contribution in [0.1, 0.15) is 33.2 Å². The van der Waals surface area contributed by atoms with E-state index in [2.05, 4.69) is 5.32 Å². The molecule has 172 valence electrons. The van der Waals surface area contributed by atoms with Gasteiger partial charge in [-0.15, -0.1) is 0 Å². The molecule has 0 radical (unpaired) electrons. The third-order valence-corrected chi connectivity index (χ3v) is 6.88. The van der Waals surface area contributed by atoms with Gasteiger partial charge in [-0.2, -0.15) is 0 Å². The molecule has 0 aliphatic rings. The Labute approximate surface area is 194 Å². The number of anilines is 1. The molecule has 3 aromatic carbocycles. The number of nitrogens with one attached hydrogen (secondary N) is 1. The maximum absolute atomic E-state index is 13.2. The van der Waals surface area contributed by atoms with Gasteiger partial charge in [0.15, 0.2) is 0 Å². The number of hydrogen-bond donors (Lipinski definition) is 1. The van der Waals surface area contributed by atoms with Crippen LogP contribution in [0.4, 0.5) is 5.69 Å². The Bertz CT molecular complexity index is 1270. The number of esters is 1. The number of ether oxygens (including phenoxy) is 1. The van der Waals surface area contributed by atoms with E-state index in [0.717, 1.165) is 15.4 Å². The summed E-state index contributed by atoms with van der Waals surface area (Å²) in [4.78, 5) is 26.1. The summed E-state index contributed by atoms with van der Waals surface area (Å²) in [6.07, 6.45) is -1.23. The first kappa shape index (κ1) is 24.2. The molecule has 8 heteroatoms. The molecule has 7 nitrogen and oxygen atoms in total. The summed E-state index contributed by atoms with van der Waals surface area (Å²) in [5.74, 6) is -1.32. The molecule has 1 atom stereocenters. The van der Waals surface area contributed by atoms with Gasteiger partial charge in [0.25, 0.3) is 5.91 Å². The number of carbonyl (C=O) groups excluding carboxylic acids is 2. The van der Waals surface area contributed by atoms with Crippen LogP contribution in [0.5, 0.6) is 0 Å². The van der Waals surface area contributed by atoms with Crippen molar-refractivity contribution in [3.8, 4) is 0 Å². The predicted octanol–water partition coefficient (Wildman–Crippen LogP) is 4.09. The number of sulfonamides is 1. The Morgan fingerprint density at radius 3 is 2.27 bits per heavy atom. The largest absolute Gasteiger partial charge is 0.444 e. The molecule has 0 bridgehead atoms. The highest BCUT2D eigenvalue weighted by Crippen LogP contribution is 2.24. The zero-order valence-corrected chi connectivity index (χ0v) is 19.7. The average molecular weight is 467 g/mol. The number of amides is 1. The SMILES string of the molecule is Cc1ccc(C)c(NC(=O)C(OC(=O)c2cccc(S(=O)(=O)N(C)C)c2)c2ccccc2)c1. The minimum atomic E-state index is -3.73. The molecule has 0 aliphatic carbocycles. The number of aryl methyl sites for hydroxylation is 2. The minimum absolute atomic E-state index is 0.0263. The highest BCUT2D eigenvalue weighted by Gasteiger charge is 2.27. The summed E-state index contributed by atoms with van der Waals surface area (Å²) in [6, 6.07) is 19.9. The van der Waals surface area contributed by atoms with Gasteiger partial charge in [-0.1, -0.05) is 48.5 Å². The van der Waals surface area contributed by atoms with E-state index in [-0.39, 0.29) is 10.5 Å². The second-order valence-corrected chi connectivity index (χ2v) is 9.97. The van der Waals surface area contributed by atoms with Crippen LogP contribution < -0.4 is 5.32 Å². The third kappa shape index (κ3) is 5.66. The number of carbonyl (C=O) groups is 2. The monoisotopic (exact) mass is 466 g/mol. The van der Waals surface area contributed by atoms with Gasteiger partial charge in [0, 0.05) is 25.3 Å². The summed E-state index contributed by atoms with van der Waals surface area (Å²) >= 11 is 0. The first-order valence-corrected chi connectivity index (χ1v) is 11.7. The molecule has 0 fully saturated rings. The van der Waals surface area contributed by atoms with Crippen LogP contribution in [0.25, 0.3) is 0 Å². The average Bonchev–Trinajstić information content (AvgIpc) is 2.80. The summed E-state index contributed by atoms with van der Waals surface area (Å²) in [6.45, 7) is 3.79. The van der Waals surface area contributed by atoms with Crippen molar-refractivity contribution >= 4 is 27.6 Å². The molecule has 1 N–H and O–H groups in total. The fraction of sp³-hybridized carbons (Fsp3) is 0.200. The summed E-state index contributed by atoms with van der Waals surface area (Å²) in [5, 5.41) is 2.84. The van der Waals surface area contributed by atoms with E-state index in [1.165, 1.54) is 38.4 Å². The Morgan fingerprint density at radius 2 is 1.61 bits per heavy atom. The van der Waals surface area contributed by atoms with E-state index in [9.17, 15) is 18.0 Å². The van der Waals surface area contributed by atoms with Gasteiger partial charge in [0.2, 0.25) is 16.1 Å². The first-order valence-electron chi connectivity index (χ1n) is 10.3. The lowest BCUT2D eigenvalue weighted by atomic mass is 10.1. The molecule has 1 amide bonds. The van der Waals surface area contributed by atoms with Crippen molar-refractivity contribution in [2.75, 3.05) is 19.4 Å². The number of hydrogen-bond acceptors (Lipinski definition) is 5. The van der Waals surface area contributed by atoms with Crippen LogP contribution in [0.2, 0.25) is 0 Å². The van der Waals surface area contributed by atoms with Gasteiger partial charge in [0.1, 0.15) is 0 Å². The predicted molar refractivity (Wildman–Crippen MR) is 126 cm³/mol. The molecule has 3 rings (SSSR count). The Hall–Kier alpha value is -3.49. The highest BCUT2D eigenvalue weighted by atomic mass is 32.2. The van der Waals surface area contributed by atoms with Crippen LogP contribution in [-0.4, -0.2) is 38.7 Å². The summed E-state index contributed by atoms with van der Waals surface area (Å²) in [7, 11) is -0.921. The van der Waals surface area contributed by atoms with E-state index < -0.39 is 28.0 Å². The van der Waals surface area contributed by atoms with E-state index in [1.54, 1.807) is 30.3 Å². The molecule has 33 heavy (non-hydrogen) atoms. The van der Waals surface area contributed by atoms with E-state index in [4.69, 9.17) is 4.74 Å². The van der Waals surface area contributed by atoms with Crippen molar-refractivity contribution in [2.24, 2.45) is 0 Å². The number of nitrogens with zero attached hydrogens (tertiary/aromatic N) is 1. The van der Waals surface area contributed by atoms with Crippen molar-refractivity contribution in [3.63, 3.8) is 0 Å². The van der Waals surface area contributed by atoms with Crippen LogP contribution in [-0.2, 0) is 19.6 Å². The van der Waals surface area contributed by atoms with Crippen LogP contribution in [0.3, 0.4) is 0 Å². The Balaban J connectivity index is 1.91. The van der Waals surface area contributed by atoms with E-state index >= 15 is 0 Å². The smallest absolute Gasteiger partial charge is 0.339 e. The zero-order valence-electron chi connectivity index (χ0n) is 18.9. The van der Waals surface area contributed by atoms with Crippen molar-refractivity contribution in [2.45, 2.75) is 24.8 Å². The summed E-state index contributed by atoms with van der Waals surface area (Å²) < 4.78 is 31.5. The first-order chi connectivity index (χ1) is 15.6. The summed E-state index contributed by atoms with van der Waals surface area (Å²) in [5.41, 5.74) is 2.98. The fourth-order valence-electron chi connectivity index (χ4n) is 3.14. The van der Waals surface area contributed by atoms with Gasteiger partial charge < -0.3 is 10.1 Å². The van der Waals surface area contributed by atoms with Crippen molar-refractivity contribution in [1.29, 1.82) is 0 Å². The molecule has 3 aromatic rings. The molecular weight excluding hydrogens is 440 g/mol. The maximum atomic E-state index is 13.2. The lowest BCUT2D eigenvalue weighted by Gasteiger charge is -2.19. The van der Waals surface area contributed by atoms with Crippen LogP contribution in [0.15, 0.2) is 77.7 Å². The Kier molecular flexibility index (Phi) is 7.30. The second kappa shape index (κ2) is 9.97. The lowest BCUT2D eigenvalue weighted by molar-refractivity contribution is -0.125. The molecule has 0 saturated heterocycles. The molecule has 0 spiro atoms. The standard InChI is InChI=1S/C25H26N2O5S/c1-17-13-14-18(2)22(15-17)26-24(28)23(19-9-6-5-7-10-19)32-25(29)20-11-8-12-21(16-20)33(30,31)27(3)4/h5-16,23H,1-4H3,(H,26,28). The molecule has 0 aliphatic heterocycles. The zero-order chi connectivity index (χ0) is 24.2. The Morgan fingerprint density at radius 1 is 0.909 bits per heavy atom. The lowest BCUT2D eigenvalue weighted by Crippen LogP contribution is -2.26. The van der Waals surface area contributed by atoms with Crippen LogP contribution >= 0.6 is 0 Å². The van der Waals surface area contributed by atoms with E-state index in [1.807, 2.05) is 32.0 Å². The quantitative estimate of drug-likeness (QED) is 0.530. The second-order valence-electron chi connectivity index (χ2n) is 7.82. The molecule has 0 aromatic heterocycles. The normalized spacial score (nSPS) is 12.3. The fourth-order valence-corrected chi connectivity index (χ4v) is 4.09. The van der Waals surface area contributed by atoms with Gasteiger partial charge in [-0.05, 0) is 49.2 Å². The maximum Gasteiger partial charge on any atom is 0.339 e. The van der Waals surface area contributed by atoms with Gasteiger partial charge in [-0.25, -0.2) is 17.5 Å². The minimum Gasteiger partial charge on any atom is -0.444 e.